The molecule has 1 fully saturated rings. The predicted molar refractivity (Wildman–Crippen MR) is 65.4 cm³/mol. The van der Waals surface area contributed by atoms with Crippen LogP contribution >= 0.6 is 24.8 Å². The smallest absolute Gasteiger partial charge is 0.213 e. The SMILES string of the molecule is Cc1ccc(OC2CCNC2)nc1.Cl.Cl. The molecule has 2 rings (SSSR count). The fraction of sp³-hybridized carbons (Fsp3) is 0.500. The molecule has 1 aromatic rings. The summed E-state index contributed by atoms with van der Waals surface area (Å²) >= 11 is 0. The molecule has 1 aliphatic rings. The number of aromatic nitrogens is 1. The highest BCUT2D eigenvalue weighted by Crippen LogP contribution is 2.11. The first-order valence-electron chi connectivity index (χ1n) is 4.64. The number of pyridine rings is 1. The molecule has 0 saturated carbocycles. The van der Waals surface area contributed by atoms with Gasteiger partial charge in [-0.05, 0) is 25.5 Å². The Labute approximate surface area is 102 Å². The van der Waals surface area contributed by atoms with Crippen molar-refractivity contribution in [1.29, 1.82) is 0 Å². The number of aryl methyl sites for hydroxylation is 1. The molecule has 15 heavy (non-hydrogen) atoms. The van der Waals surface area contributed by atoms with E-state index in [2.05, 4.69) is 10.3 Å². The van der Waals surface area contributed by atoms with Crippen LogP contribution in [0.15, 0.2) is 18.3 Å². The Hall–Kier alpha value is -0.510. The second-order valence-corrected chi connectivity index (χ2v) is 3.41. The van der Waals surface area contributed by atoms with Gasteiger partial charge in [-0.2, -0.15) is 0 Å². The lowest BCUT2D eigenvalue weighted by molar-refractivity contribution is 0.214. The molecule has 0 aliphatic carbocycles. The average molecular weight is 251 g/mol. The van der Waals surface area contributed by atoms with E-state index in [0.717, 1.165) is 31.0 Å². The van der Waals surface area contributed by atoms with E-state index in [0.29, 0.717) is 6.10 Å². The molecule has 5 heteroatoms. The van der Waals surface area contributed by atoms with Gasteiger partial charge in [-0.15, -0.1) is 24.8 Å². The van der Waals surface area contributed by atoms with Crippen LogP contribution in [-0.2, 0) is 0 Å². The fourth-order valence-electron chi connectivity index (χ4n) is 1.42. The van der Waals surface area contributed by atoms with Crippen molar-refractivity contribution < 1.29 is 4.74 Å². The van der Waals surface area contributed by atoms with Crippen molar-refractivity contribution in [1.82, 2.24) is 10.3 Å². The molecule has 0 aromatic carbocycles. The lowest BCUT2D eigenvalue weighted by Gasteiger charge is -2.10. The second-order valence-electron chi connectivity index (χ2n) is 3.41. The molecule has 1 aromatic heterocycles. The molecule has 0 radical (unpaired) electrons. The predicted octanol–water partition coefficient (Wildman–Crippen LogP) is 1.97. The van der Waals surface area contributed by atoms with E-state index in [9.17, 15) is 0 Å². The van der Waals surface area contributed by atoms with E-state index < -0.39 is 0 Å². The van der Waals surface area contributed by atoms with Gasteiger partial charge in [0.15, 0.2) is 0 Å². The van der Waals surface area contributed by atoms with Gasteiger partial charge in [0.2, 0.25) is 5.88 Å². The van der Waals surface area contributed by atoms with Gasteiger partial charge in [0.1, 0.15) is 6.10 Å². The summed E-state index contributed by atoms with van der Waals surface area (Å²) in [6, 6.07) is 3.94. The van der Waals surface area contributed by atoms with Gasteiger partial charge >= 0.3 is 0 Å². The maximum absolute atomic E-state index is 5.66. The first kappa shape index (κ1) is 14.5. The molecule has 1 saturated heterocycles. The Kier molecular flexibility index (Phi) is 6.65. The minimum atomic E-state index is 0. The Balaban J connectivity index is 0.000000980. The molecule has 1 unspecified atom stereocenters. The number of nitrogens with one attached hydrogen (secondary N) is 1. The second kappa shape index (κ2) is 6.88. The summed E-state index contributed by atoms with van der Waals surface area (Å²) in [6.45, 7) is 4.01. The molecule has 86 valence electrons. The largest absolute Gasteiger partial charge is 0.473 e. The van der Waals surface area contributed by atoms with Gasteiger partial charge < -0.3 is 10.1 Å². The van der Waals surface area contributed by atoms with Crippen LogP contribution in [-0.4, -0.2) is 24.2 Å². The zero-order valence-corrected chi connectivity index (χ0v) is 10.2. The van der Waals surface area contributed by atoms with Gasteiger partial charge in [-0.3, -0.25) is 0 Å². The number of hydrogen-bond acceptors (Lipinski definition) is 3. The van der Waals surface area contributed by atoms with Crippen LogP contribution in [0.1, 0.15) is 12.0 Å². The van der Waals surface area contributed by atoms with Gasteiger partial charge in [-0.25, -0.2) is 4.98 Å². The van der Waals surface area contributed by atoms with Crippen molar-refractivity contribution in [2.75, 3.05) is 13.1 Å². The number of halogens is 2. The molecule has 1 aliphatic heterocycles. The third-order valence-electron chi connectivity index (χ3n) is 2.19. The average Bonchev–Trinajstić information content (AvgIpc) is 2.62. The summed E-state index contributed by atoms with van der Waals surface area (Å²) in [6.07, 6.45) is 3.21. The monoisotopic (exact) mass is 250 g/mol. The topological polar surface area (TPSA) is 34.1 Å². The third kappa shape index (κ3) is 4.24. The lowest BCUT2D eigenvalue weighted by Crippen LogP contribution is -2.19. The van der Waals surface area contributed by atoms with Crippen LogP contribution in [0.5, 0.6) is 5.88 Å². The minimum absolute atomic E-state index is 0. The van der Waals surface area contributed by atoms with Crippen LogP contribution in [0.4, 0.5) is 0 Å². The van der Waals surface area contributed by atoms with Gasteiger partial charge in [0.25, 0.3) is 0 Å². The first-order chi connectivity index (χ1) is 6.34. The Morgan fingerprint density at radius 2 is 2.20 bits per heavy atom. The highest BCUT2D eigenvalue weighted by Gasteiger charge is 2.15. The standard InChI is InChI=1S/C10H14N2O.2ClH/c1-8-2-3-10(12-6-8)13-9-4-5-11-7-9;;/h2-3,6,9,11H,4-5,7H2,1H3;2*1H. The van der Waals surface area contributed by atoms with E-state index in [1.807, 2.05) is 25.3 Å². The molecule has 1 atom stereocenters. The molecule has 0 spiro atoms. The molecular formula is C10H16Cl2N2O. The summed E-state index contributed by atoms with van der Waals surface area (Å²) in [4.78, 5) is 4.19. The quantitative estimate of drug-likeness (QED) is 0.872. The summed E-state index contributed by atoms with van der Waals surface area (Å²) in [5, 5.41) is 3.25. The van der Waals surface area contributed by atoms with E-state index in [1.54, 1.807) is 0 Å². The molecule has 0 bridgehead atoms. The molecule has 2 heterocycles. The van der Waals surface area contributed by atoms with Crippen molar-refractivity contribution in [3.05, 3.63) is 23.9 Å². The minimum Gasteiger partial charge on any atom is -0.473 e. The number of nitrogens with zero attached hydrogens (tertiary/aromatic N) is 1. The Morgan fingerprint density at radius 3 is 2.73 bits per heavy atom. The zero-order valence-electron chi connectivity index (χ0n) is 8.60. The van der Waals surface area contributed by atoms with Crippen molar-refractivity contribution in [2.24, 2.45) is 0 Å². The van der Waals surface area contributed by atoms with Crippen molar-refractivity contribution in [3.63, 3.8) is 0 Å². The fourth-order valence-corrected chi connectivity index (χ4v) is 1.42. The molecule has 3 nitrogen and oxygen atoms in total. The Morgan fingerprint density at radius 1 is 1.40 bits per heavy atom. The molecule has 0 amide bonds. The number of ether oxygens (including phenoxy) is 1. The maximum atomic E-state index is 5.66. The third-order valence-corrected chi connectivity index (χ3v) is 2.19. The molecular weight excluding hydrogens is 235 g/mol. The zero-order chi connectivity index (χ0) is 9.10. The maximum Gasteiger partial charge on any atom is 0.213 e. The van der Waals surface area contributed by atoms with Gasteiger partial charge in [0, 0.05) is 18.8 Å². The number of hydrogen-bond donors (Lipinski definition) is 1. The van der Waals surface area contributed by atoms with Gasteiger partial charge in [0.05, 0.1) is 0 Å². The normalized spacial score (nSPS) is 18.9. The summed E-state index contributed by atoms with van der Waals surface area (Å²) in [7, 11) is 0. The van der Waals surface area contributed by atoms with E-state index in [-0.39, 0.29) is 24.8 Å². The molecule has 1 N–H and O–H groups in total. The lowest BCUT2D eigenvalue weighted by atomic mass is 10.3. The van der Waals surface area contributed by atoms with Crippen LogP contribution in [0.25, 0.3) is 0 Å². The number of rotatable bonds is 2. The van der Waals surface area contributed by atoms with Crippen molar-refractivity contribution in [3.8, 4) is 5.88 Å². The first-order valence-corrected chi connectivity index (χ1v) is 4.64. The van der Waals surface area contributed by atoms with E-state index in [4.69, 9.17) is 4.74 Å². The highest BCUT2D eigenvalue weighted by atomic mass is 35.5. The van der Waals surface area contributed by atoms with Crippen LogP contribution in [0.3, 0.4) is 0 Å². The Bertz CT molecular complexity index is 273. The summed E-state index contributed by atoms with van der Waals surface area (Å²) in [5.74, 6) is 0.735. The summed E-state index contributed by atoms with van der Waals surface area (Å²) < 4.78 is 5.66. The van der Waals surface area contributed by atoms with Crippen molar-refractivity contribution in [2.45, 2.75) is 19.4 Å². The summed E-state index contributed by atoms with van der Waals surface area (Å²) in [5.41, 5.74) is 1.16. The van der Waals surface area contributed by atoms with E-state index in [1.165, 1.54) is 0 Å². The van der Waals surface area contributed by atoms with Crippen LogP contribution in [0.2, 0.25) is 0 Å². The van der Waals surface area contributed by atoms with Crippen LogP contribution in [0, 0.1) is 6.92 Å². The van der Waals surface area contributed by atoms with Crippen molar-refractivity contribution >= 4 is 24.8 Å². The highest BCUT2D eigenvalue weighted by molar-refractivity contribution is 5.85. The van der Waals surface area contributed by atoms with Gasteiger partial charge in [-0.1, -0.05) is 6.07 Å². The van der Waals surface area contributed by atoms with E-state index >= 15 is 0 Å². The van der Waals surface area contributed by atoms with Crippen LogP contribution < -0.4 is 10.1 Å².